The molecule has 1 aliphatic heterocycles. The molecule has 140 valence electrons. The van der Waals surface area contributed by atoms with Gasteiger partial charge in [-0.25, -0.2) is 0 Å². The number of nitrogens with one attached hydrogen (secondary N) is 2. The molecule has 1 aliphatic rings. The van der Waals surface area contributed by atoms with Crippen molar-refractivity contribution in [2.75, 3.05) is 10.6 Å². The van der Waals surface area contributed by atoms with Gasteiger partial charge in [-0.1, -0.05) is 60.7 Å². The second-order valence-corrected chi connectivity index (χ2v) is 6.86. The van der Waals surface area contributed by atoms with Gasteiger partial charge in [-0.05, 0) is 42.7 Å². The Morgan fingerprint density at radius 3 is 2.46 bits per heavy atom. The van der Waals surface area contributed by atoms with Gasteiger partial charge >= 0.3 is 0 Å². The minimum Gasteiger partial charge on any atom is -0.466 e. The Morgan fingerprint density at radius 2 is 1.64 bits per heavy atom. The summed E-state index contributed by atoms with van der Waals surface area (Å²) in [4.78, 5) is 25.6. The van der Waals surface area contributed by atoms with E-state index in [9.17, 15) is 9.59 Å². The fourth-order valence-corrected chi connectivity index (χ4v) is 3.17. The molecule has 0 bridgehead atoms. The van der Waals surface area contributed by atoms with Crippen molar-refractivity contribution < 1.29 is 14.3 Å². The maximum Gasteiger partial charge on any atom is 0.278 e. The van der Waals surface area contributed by atoms with Crippen LogP contribution < -0.4 is 15.4 Å². The molecule has 0 aromatic heterocycles. The summed E-state index contributed by atoms with van der Waals surface area (Å²) in [5, 5.41) is 5.62. The Labute approximate surface area is 163 Å². The third kappa shape index (κ3) is 3.34. The molecule has 5 nitrogen and oxygen atoms in total. The number of para-hydroxylation sites is 3. The van der Waals surface area contributed by atoms with Gasteiger partial charge in [-0.2, -0.15) is 0 Å². The first-order chi connectivity index (χ1) is 13.6. The molecule has 5 heteroatoms. The number of ether oxygens (including phenoxy) is 1. The third-order valence-corrected chi connectivity index (χ3v) is 4.82. The maximum atomic E-state index is 13.0. The predicted octanol–water partition coefficient (Wildman–Crippen LogP) is 4.01. The maximum absolute atomic E-state index is 13.0. The van der Waals surface area contributed by atoms with Crippen molar-refractivity contribution in [1.29, 1.82) is 0 Å². The standard InChI is InChI=1S/C23H20N2O3/c1-23(22(27)25-19-13-7-8-14-20(19)28-23)21(26)24-18-12-6-5-11-17(18)15-16-9-3-2-4-10-16/h2-14H,15H2,1H3,(H,24,26)(H,25,27). The SMILES string of the molecule is CC1(C(=O)Nc2ccccc2Cc2ccccc2)Oc2ccccc2NC1=O. The Hall–Kier alpha value is -3.60. The lowest BCUT2D eigenvalue weighted by molar-refractivity contribution is -0.143. The lowest BCUT2D eigenvalue weighted by atomic mass is 10.00. The fourth-order valence-electron chi connectivity index (χ4n) is 3.17. The monoisotopic (exact) mass is 372 g/mol. The van der Waals surface area contributed by atoms with Gasteiger partial charge in [0.1, 0.15) is 5.75 Å². The van der Waals surface area contributed by atoms with E-state index in [-0.39, 0.29) is 0 Å². The van der Waals surface area contributed by atoms with Crippen LogP contribution in [0.2, 0.25) is 0 Å². The van der Waals surface area contributed by atoms with Gasteiger partial charge in [0.15, 0.2) is 0 Å². The molecule has 2 N–H and O–H groups in total. The number of carbonyl (C=O) groups excluding carboxylic acids is 2. The Balaban J connectivity index is 1.58. The molecule has 2 amide bonds. The average Bonchev–Trinajstić information content (AvgIpc) is 2.71. The summed E-state index contributed by atoms with van der Waals surface area (Å²) in [6, 6.07) is 24.6. The van der Waals surface area contributed by atoms with Crippen molar-refractivity contribution in [3.05, 3.63) is 90.0 Å². The molecule has 28 heavy (non-hydrogen) atoms. The van der Waals surface area contributed by atoms with Gasteiger partial charge in [0.2, 0.25) is 0 Å². The number of anilines is 2. The quantitative estimate of drug-likeness (QED) is 0.680. The van der Waals surface area contributed by atoms with E-state index in [1.54, 1.807) is 24.3 Å². The summed E-state index contributed by atoms with van der Waals surface area (Å²) in [5.41, 5.74) is 1.65. The first-order valence-corrected chi connectivity index (χ1v) is 9.09. The highest BCUT2D eigenvalue weighted by Crippen LogP contribution is 2.34. The summed E-state index contributed by atoms with van der Waals surface area (Å²) in [6.07, 6.45) is 0.671. The van der Waals surface area contributed by atoms with Gasteiger partial charge in [0, 0.05) is 5.69 Å². The normalized spacial score (nSPS) is 17.8. The first-order valence-electron chi connectivity index (χ1n) is 9.09. The van der Waals surface area contributed by atoms with Gasteiger partial charge in [0.05, 0.1) is 5.69 Å². The molecule has 1 unspecified atom stereocenters. The lowest BCUT2D eigenvalue weighted by Gasteiger charge is -2.33. The van der Waals surface area contributed by atoms with Crippen LogP contribution in [0, 0.1) is 0 Å². The molecule has 0 spiro atoms. The number of carbonyl (C=O) groups is 2. The van der Waals surface area contributed by atoms with E-state index >= 15 is 0 Å². The highest BCUT2D eigenvalue weighted by atomic mass is 16.5. The molecule has 0 aliphatic carbocycles. The Bertz CT molecular complexity index is 1030. The van der Waals surface area contributed by atoms with Gasteiger partial charge in [-0.15, -0.1) is 0 Å². The first kappa shape index (κ1) is 17.8. The number of rotatable bonds is 4. The van der Waals surface area contributed by atoms with E-state index < -0.39 is 17.4 Å². The third-order valence-electron chi connectivity index (χ3n) is 4.82. The van der Waals surface area contributed by atoms with Gasteiger partial charge in [0.25, 0.3) is 17.4 Å². The van der Waals surface area contributed by atoms with Crippen LogP contribution in [0.3, 0.4) is 0 Å². The summed E-state index contributed by atoms with van der Waals surface area (Å²) >= 11 is 0. The fraction of sp³-hybridized carbons (Fsp3) is 0.130. The molecule has 1 heterocycles. The van der Waals surface area contributed by atoms with Crippen molar-refractivity contribution in [1.82, 2.24) is 0 Å². The zero-order valence-electron chi connectivity index (χ0n) is 15.4. The highest BCUT2D eigenvalue weighted by Gasteiger charge is 2.47. The van der Waals surface area contributed by atoms with Gasteiger partial charge in [-0.3, -0.25) is 9.59 Å². The van der Waals surface area contributed by atoms with E-state index in [4.69, 9.17) is 4.74 Å². The second-order valence-electron chi connectivity index (χ2n) is 6.86. The molecular weight excluding hydrogens is 352 g/mol. The molecule has 3 aromatic carbocycles. The van der Waals surface area contributed by atoms with Crippen molar-refractivity contribution in [2.45, 2.75) is 18.9 Å². The van der Waals surface area contributed by atoms with E-state index in [1.807, 2.05) is 54.6 Å². The second kappa shape index (κ2) is 7.19. The molecule has 4 rings (SSSR count). The van der Waals surface area contributed by atoms with E-state index in [0.717, 1.165) is 11.1 Å². The summed E-state index contributed by atoms with van der Waals surface area (Å²) in [5.74, 6) is -0.540. The Morgan fingerprint density at radius 1 is 0.964 bits per heavy atom. The topological polar surface area (TPSA) is 67.4 Å². The van der Waals surface area contributed by atoms with Crippen LogP contribution in [0.5, 0.6) is 5.75 Å². The highest BCUT2D eigenvalue weighted by molar-refractivity contribution is 6.19. The van der Waals surface area contributed by atoms with Crippen LogP contribution in [0.25, 0.3) is 0 Å². The molecule has 3 aromatic rings. The smallest absolute Gasteiger partial charge is 0.278 e. The van der Waals surface area contributed by atoms with Crippen LogP contribution in [-0.2, 0) is 16.0 Å². The average molecular weight is 372 g/mol. The van der Waals surface area contributed by atoms with Crippen LogP contribution >= 0.6 is 0 Å². The van der Waals surface area contributed by atoms with Crippen LogP contribution in [0.4, 0.5) is 11.4 Å². The predicted molar refractivity (Wildman–Crippen MR) is 108 cm³/mol. The largest absolute Gasteiger partial charge is 0.466 e. The van der Waals surface area contributed by atoms with Gasteiger partial charge < -0.3 is 15.4 Å². The number of hydrogen-bond donors (Lipinski definition) is 2. The summed E-state index contributed by atoms with van der Waals surface area (Å²) in [6.45, 7) is 1.48. The number of hydrogen-bond acceptors (Lipinski definition) is 3. The van der Waals surface area contributed by atoms with Crippen molar-refractivity contribution in [3.63, 3.8) is 0 Å². The zero-order valence-corrected chi connectivity index (χ0v) is 15.4. The molecule has 0 radical (unpaired) electrons. The zero-order chi connectivity index (χ0) is 19.6. The molecule has 0 saturated carbocycles. The number of benzene rings is 3. The lowest BCUT2D eigenvalue weighted by Crippen LogP contribution is -2.56. The van der Waals surface area contributed by atoms with E-state index in [1.165, 1.54) is 6.92 Å². The van der Waals surface area contributed by atoms with Crippen LogP contribution in [0.1, 0.15) is 18.1 Å². The summed E-state index contributed by atoms with van der Waals surface area (Å²) < 4.78 is 5.80. The number of fused-ring (bicyclic) bond motifs is 1. The van der Waals surface area contributed by atoms with Crippen molar-refractivity contribution in [2.24, 2.45) is 0 Å². The molecule has 1 atom stereocenters. The molecular formula is C23H20N2O3. The Kier molecular flexibility index (Phi) is 4.57. The summed E-state index contributed by atoms with van der Waals surface area (Å²) in [7, 11) is 0. The molecule has 0 fully saturated rings. The van der Waals surface area contributed by atoms with Crippen molar-refractivity contribution in [3.8, 4) is 5.75 Å². The minimum absolute atomic E-state index is 0.470. The van der Waals surface area contributed by atoms with Crippen molar-refractivity contribution >= 4 is 23.2 Å². The molecule has 0 saturated heterocycles. The van der Waals surface area contributed by atoms with Crippen LogP contribution in [-0.4, -0.2) is 17.4 Å². The van der Waals surface area contributed by atoms with E-state index in [2.05, 4.69) is 10.6 Å². The number of amides is 2. The van der Waals surface area contributed by atoms with E-state index in [0.29, 0.717) is 23.5 Å². The minimum atomic E-state index is -1.66. The van der Waals surface area contributed by atoms with Crippen LogP contribution in [0.15, 0.2) is 78.9 Å².